The molecule has 250 valence electrons. The second kappa shape index (κ2) is 21.1. The Bertz CT molecular complexity index is 1420. The summed E-state index contributed by atoms with van der Waals surface area (Å²) in [5.41, 5.74) is 17.4. The van der Waals surface area contributed by atoms with Crippen LogP contribution in [-0.2, 0) is 30.5 Å². The van der Waals surface area contributed by atoms with Gasteiger partial charge in [0.2, 0.25) is 0 Å². The standard InChI is InChI=1S/C35H40N2O3.3C2H6/c1-2-3-4-8-19-39-26-12-16-28-24(21-26)10-14-30-32(23-36)35(37)31-15-11-25-22-27(40-20-9-6-5-7-18-38)13-17-29(25)34(31)33(28)30;3*1-2/h12-13,16-18,21-22H,2-11,14-15,19-20,37H2,1H3;3*1-2H3. The molecule has 0 bridgehead atoms. The first-order valence-electron chi connectivity index (χ1n) is 18.0. The summed E-state index contributed by atoms with van der Waals surface area (Å²) in [4.78, 5) is 10.5. The van der Waals surface area contributed by atoms with Crippen molar-refractivity contribution in [3.63, 3.8) is 0 Å². The van der Waals surface area contributed by atoms with E-state index in [1.54, 1.807) is 0 Å². The van der Waals surface area contributed by atoms with Crippen LogP contribution in [0.25, 0.3) is 22.3 Å². The number of hydrogen-bond acceptors (Lipinski definition) is 5. The lowest BCUT2D eigenvalue weighted by Gasteiger charge is -2.31. The molecule has 2 N–H and O–H groups in total. The summed E-state index contributed by atoms with van der Waals surface area (Å²) in [6, 6.07) is 15.3. The van der Waals surface area contributed by atoms with Gasteiger partial charge in [-0.1, -0.05) is 79.9 Å². The molecular weight excluding hydrogens is 568 g/mol. The highest BCUT2D eigenvalue weighted by atomic mass is 16.5. The van der Waals surface area contributed by atoms with Gasteiger partial charge in [-0.25, -0.2) is 0 Å². The summed E-state index contributed by atoms with van der Waals surface area (Å²) >= 11 is 0. The van der Waals surface area contributed by atoms with Crippen molar-refractivity contribution in [3.05, 3.63) is 64.2 Å². The van der Waals surface area contributed by atoms with Crippen LogP contribution in [0.1, 0.15) is 128 Å². The molecule has 0 saturated carbocycles. The number of nitrogen functional groups attached to an aromatic ring is 1. The molecule has 0 heterocycles. The number of hydrogen-bond donors (Lipinski definition) is 1. The summed E-state index contributed by atoms with van der Waals surface area (Å²) in [6.07, 6.45) is 12.5. The van der Waals surface area contributed by atoms with E-state index in [0.717, 1.165) is 86.9 Å². The Kier molecular flexibility index (Phi) is 17.6. The number of rotatable bonds is 13. The quantitative estimate of drug-likeness (QED) is 0.116. The molecule has 0 aromatic heterocycles. The number of aryl methyl sites for hydroxylation is 2. The number of carbonyl (C=O) groups excluding carboxylic acids is 1. The molecule has 5 rings (SSSR count). The van der Waals surface area contributed by atoms with Gasteiger partial charge in [0.15, 0.2) is 0 Å². The third kappa shape index (κ3) is 9.38. The van der Waals surface area contributed by atoms with Crippen molar-refractivity contribution in [3.8, 4) is 39.8 Å². The SMILES string of the molecule is CC.CC.CC.CCCCCCOc1ccc2c(c1)CCc1c(C#N)c(N)c3c(c1-2)-c1ccc(OCCCCCC=O)cc1CC3. The maximum Gasteiger partial charge on any atom is 0.119 e. The molecule has 0 aliphatic heterocycles. The Hall–Kier alpha value is -3.78. The zero-order valence-corrected chi connectivity index (χ0v) is 29.7. The van der Waals surface area contributed by atoms with Gasteiger partial charge in [0.1, 0.15) is 23.9 Å². The van der Waals surface area contributed by atoms with E-state index in [1.165, 1.54) is 52.6 Å². The van der Waals surface area contributed by atoms with Gasteiger partial charge in [-0.3, -0.25) is 0 Å². The van der Waals surface area contributed by atoms with Crippen LogP contribution in [0.3, 0.4) is 0 Å². The summed E-state index contributed by atoms with van der Waals surface area (Å²) in [5.74, 6) is 1.81. The average Bonchev–Trinajstić information content (AvgIpc) is 3.11. The first-order chi connectivity index (χ1) is 22.7. The maximum atomic E-state index is 10.5. The monoisotopic (exact) mass is 626 g/mol. The lowest BCUT2D eigenvalue weighted by Crippen LogP contribution is -2.16. The average molecular weight is 627 g/mol. The van der Waals surface area contributed by atoms with Crippen molar-refractivity contribution in [2.24, 2.45) is 0 Å². The lowest BCUT2D eigenvalue weighted by molar-refractivity contribution is -0.107. The van der Waals surface area contributed by atoms with E-state index in [2.05, 4.69) is 49.4 Å². The molecule has 0 unspecified atom stereocenters. The van der Waals surface area contributed by atoms with Gasteiger partial charge in [0.05, 0.1) is 24.5 Å². The van der Waals surface area contributed by atoms with E-state index in [4.69, 9.17) is 15.2 Å². The second-order valence-electron chi connectivity index (χ2n) is 11.0. The van der Waals surface area contributed by atoms with Crippen molar-refractivity contribution in [2.75, 3.05) is 18.9 Å². The molecule has 0 radical (unpaired) electrons. The Morgan fingerprint density at radius 2 is 1.22 bits per heavy atom. The molecule has 46 heavy (non-hydrogen) atoms. The van der Waals surface area contributed by atoms with Crippen LogP contribution in [0.15, 0.2) is 36.4 Å². The number of ether oxygens (including phenoxy) is 2. The third-order valence-corrected chi connectivity index (χ3v) is 8.34. The van der Waals surface area contributed by atoms with Crippen molar-refractivity contribution in [1.82, 2.24) is 0 Å². The zero-order valence-electron chi connectivity index (χ0n) is 29.7. The molecule has 5 nitrogen and oxygen atoms in total. The molecular formula is C41H58N2O3. The van der Waals surface area contributed by atoms with E-state index in [1.807, 2.05) is 41.5 Å². The van der Waals surface area contributed by atoms with Gasteiger partial charge in [-0.05, 0) is 120 Å². The van der Waals surface area contributed by atoms with Crippen molar-refractivity contribution >= 4 is 12.0 Å². The summed E-state index contributed by atoms with van der Waals surface area (Å²) in [6.45, 7) is 15.6. The molecule has 3 aromatic carbocycles. The number of carbonyl (C=O) groups is 1. The Labute approximate surface area is 279 Å². The number of benzene rings is 3. The van der Waals surface area contributed by atoms with Gasteiger partial charge < -0.3 is 20.0 Å². The van der Waals surface area contributed by atoms with Gasteiger partial charge in [0.25, 0.3) is 0 Å². The van der Waals surface area contributed by atoms with Crippen molar-refractivity contribution < 1.29 is 14.3 Å². The largest absolute Gasteiger partial charge is 0.494 e. The van der Waals surface area contributed by atoms with Crippen LogP contribution in [0.2, 0.25) is 0 Å². The number of nitrogens with zero attached hydrogens (tertiary/aromatic N) is 1. The van der Waals surface area contributed by atoms with E-state index in [9.17, 15) is 10.1 Å². The number of unbranched alkanes of at least 4 members (excludes halogenated alkanes) is 6. The molecule has 0 fully saturated rings. The Balaban J connectivity index is 0.00000116. The predicted octanol–water partition coefficient (Wildman–Crippen LogP) is 10.8. The number of fused-ring (bicyclic) bond motifs is 7. The van der Waals surface area contributed by atoms with E-state index in [-0.39, 0.29) is 0 Å². The number of anilines is 1. The molecule has 0 spiro atoms. The van der Waals surface area contributed by atoms with Crippen LogP contribution in [-0.4, -0.2) is 19.5 Å². The maximum absolute atomic E-state index is 10.5. The minimum Gasteiger partial charge on any atom is -0.494 e. The predicted molar refractivity (Wildman–Crippen MR) is 195 cm³/mol. The van der Waals surface area contributed by atoms with E-state index in [0.29, 0.717) is 24.3 Å². The molecule has 0 amide bonds. The summed E-state index contributed by atoms with van der Waals surface area (Å²) in [7, 11) is 0. The number of nitrogens with two attached hydrogens (primary N) is 1. The van der Waals surface area contributed by atoms with Crippen LogP contribution < -0.4 is 15.2 Å². The number of aldehydes is 1. The van der Waals surface area contributed by atoms with Crippen molar-refractivity contribution in [2.45, 2.75) is 126 Å². The highest BCUT2D eigenvalue weighted by Crippen LogP contribution is 2.50. The first-order valence-corrected chi connectivity index (χ1v) is 18.0. The van der Waals surface area contributed by atoms with Crippen LogP contribution >= 0.6 is 0 Å². The van der Waals surface area contributed by atoms with Gasteiger partial charge in [-0.2, -0.15) is 5.26 Å². The summed E-state index contributed by atoms with van der Waals surface area (Å²) < 4.78 is 12.2. The smallest absolute Gasteiger partial charge is 0.119 e. The molecule has 5 heteroatoms. The van der Waals surface area contributed by atoms with Crippen LogP contribution in [0, 0.1) is 11.3 Å². The van der Waals surface area contributed by atoms with E-state index >= 15 is 0 Å². The first kappa shape index (κ1) is 38.4. The fourth-order valence-electron chi connectivity index (χ4n) is 6.26. The molecule has 2 aliphatic carbocycles. The minimum atomic E-state index is 0.621. The topological polar surface area (TPSA) is 85.3 Å². The van der Waals surface area contributed by atoms with Gasteiger partial charge in [0, 0.05) is 6.42 Å². The Morgan fingerprint density at radius 3 is 1.72 bits per heavy atom. The van der Waals surface area contributed by atoms with E-state index < -0.39 is 0 Å². The third-order valence-electron chi connectivity index (χ3n) is 8.34. The zero-order chi connectivity index (χ0) is 33.9. The van der Waals surface area contributed by atoms with Gasteiger partial charge >= 0.3 is 0 Å². The molecule has 2 aliphatic rings. The fourth-order valence-corrected chi connectivity index (χ4v) is 6.26. The van der Waals surface area contributed by atoms with Crippen LogP contribution in [0.5, 0.6) is 11.5 Å². The molecule has 0 saturated heterocycles. The Morgan fingerprint density at radius 1 is 0.717 bits per heavy atom. The second-order valence-corrected chi connectivity index (χ2v) is 11.0. The highest BCUT2D eigenvalue weighted by Gasteiger charge is 2.31. The molecule has 3 aromatic rings. The lowest BCUT2D eigenvalue weighted by atomic mass is 9.73. The molecule has 0 atom stereocenters. The normalized spacial score (nSPS) is 11.6. The fraction of sp³-hybridized carbons (Fsp3) is 0.512. The van der Waals surface area contributed by atoms with Gasteiger partial charge in [-0.15, -0.1) is 0 Å². The van der Waals surface area contributed by atoms with Crippen molar-refractivity contribution in [1.29, 1.82) is 5.26 Å². The number of nitriles is 1. The highest BCUT2D eigenvalue weighted by molar-refractivity contribution is 5.97. The summed E-state index contributed by atoms with van der Waals surface area (Å²) in [5, 5.41) is 10.1. The minimum absolute atomic E-state index is 0.621. The van der Waals surface area contributed by atoms with Crippen LogP contribution in [0.4, 0.5) is 5.69 Å².